The Morgan fingerprint density at radius 3 is 2.67 bits per heavy atom. The van der Waals surface area contributed by atoms with Crippen LogP contribution < -0.4 is 4.74 Å². The van der Waals surface area contributed by atoms with Crippen LogP contribution in [0.5, 0.6) is 5.75 Å². The summed E-state index contributed by atoms with van der Waals surface area (Å²) in [4.78, 5) is 0. The molecule has 1 aromatic carbocycles. The molecule has 1 saturated carbocycles. The third-order valence-electron chi connectivity index (χ3n) is 3.72. The molecule has 1 fully saturated rings. The maximum absolute atomic E-state index is 10.7. The van der Waals surface area contributed by atoms with E-state index in [2.05, 4.69) is 0 Å². The number of benzene rings is 1. The van der Waals surface area contributed by atoms with Crippen LogP contribution in [-0.4, -0.2) is 24.9 Å². The minimum atomic E-state index is -0.746. The first kappa shape index (κ1) is 13.4. The summed E-state index contributed by atoms with van der Waals surface area (Å²) in [6.07, 6.45) is 3.69. The number of hydrogen-bond donors (Lipinski definition) is 1. The van der Waals surface area contributed by atoms with Crippen molar-refractivity contribution in [2.24, 2.45) is 0 Å². The summed E-state index contributed by atoms with van der Waals surface area (Å²) in [6, 6.07) is 7.77. The second-order valence-electron chi connectivity index (χ2n) is 4.94. The monoisotopic (exact) mass is 250 g/mol. The lowest BCUT2D eigenvalue weighted by Gasteiger charge is -2.36. The van der Waals surface area contributed by atoms with E-state index < -0.39 is 5.60 Å². The normalized spacial score (nSPS) is 28.1. The van der Waals surface area contributed by atoms with Crippen molar-refractivity contribution in [3.63, 3.8) is 0 Å². The van der Waals surface area contributed by atoms with E-state index in [1.165, 1.54) is 0 Å². The maximum atomic E-state index is 10.7. The van der Waals surface area contributed by atoms with Crippen LogP contribution in [0.2, 0.25) is 0 Å². The van der Waals surface area contributed by atoms with Crippen LogP contribution in [0.25, 0.3) is 0 Å². The zero-order valence-electron chi connectivity index (χ0n) is 11.2. The van der Waals surface area contributed by atoms with Gasteiger partial charge in [-0.25, -0.2) is 0 Å². The van der Waals surface area contributed by atoms with E-state index in [1.54, 1.807) is 7.11 Å². The minimum Gasteiger partial charge on any atom is -0.494 e. The van der Waals surface area contributed by atoms with E-state index in [1.807, 2.05) is 31.2 Å². The Morgan fingerprint density at radius 2 is 2.06 bits per heavy atom. The first-order chi connectivity index (χ1) is 8.68. The largest absolute Gasteiger partial charge is 0.494 e. The summed E-state index contributed by atoms with van der Waals surface area (Å²) >= 11 is 0. The van der Waals surface area contributed by atoms with E-state index in [0.717, 1.165) is 30.6 Å². The number of ether oxygens (including phenoxy) is 2. The highest BCUT2D eigenvalue weighted by atomic mass is 16.5. The van der Waals surface area contributed by atoms with Gasteiger partial charge in [0.2, 0.25) is 0 Å². The van der Waals surface area contributed by atoms with E-state index in [-0.39, 0.29) is 6.10 Å². The van der Waals surface area contributed by atoms with Crippen molar-refractivity contribution in [3.8, 4) is 5.75 Å². The zero-order chi connectivity index (χ0) is 13.0. The fraction of sp³-hybridized carbons (Fsp3) is 0.600. The first-order valence-electron chi connectivity index (χ1n) is 6.66. The Hall–Kier alpha value is -1.06. The highest BCUT2D eigenvalue weighted by molar-refractivity contribution is 5.31. The molecule has 2 atom stereocenters. The van der Waals surface area contributed by atoms with Gasteiger partial charge in [0.05, 0.1) is 18.3 Å². The lowest BCUT2D eigenvalue weighted by Crippen LogP contribution is -2.35. The summed E-state index contributed by atoms with van der Waals surface area (Å²) < 4.78 is 10.8. The molecular formula is C15H22O3. The Labute approximate surface area is 109 Å². The summed E-state index contributed by atoms with van der Waals surface area (Å²) in [5.74, 6) is 0.851. The maximum Gasteiger partial charge on any atom is 0.119 e. The fourth-order valence-electron chi connectivity index (χ4n) is 2.69. The second-order valence-corrected chi connectivity index (χ2v) is 4.94. The number of hydrogen-bond acceptors (Lipinski definition) is 3. The molecule has 2 unspecified atom stereocenters. The number of methoxy groups -OCH3 is 1. The molecule has 1 aliphatic carbocycles. The first-order valence-corrected chi connectivity index (χ1v) is 6.66. The SMILES string of the molecule is CCOc1ccc(C2(O)CCCC(OC)C2)cc1. The molecule has 1 N–H and O–H groups in total. The van der Waals surface area contributed by atoms with E-state index in [4.69, 9.17) is 9.47 Å². The van der Waals surface area contributed by atoms with Crippen LogP contribution >= 0.6 is 0 Å². The van der Waals surface area contributed by atoms with Gasteiger partial charge in [-0.1, -0.05) is 12.1 Å². The third kappa shape index (κ3) is 2.85. The molecule has 0 radical (unpaired) electrons. The standard InChI is InChI=1S/C15H22O3/c1-3-18-13-8-6-12(7-9-13)15(16)10-4-5-14(11-15)17-2/h6-9,14,16H,3-5,10-11H2,1-2H3. The average molecular weight is 250 g/mol. The Bertz CT molecular complexity index is 374. The van der Waals surface area contributed by atoms with Gasteiger partial charge >= 0.3 is 0 Å². The second kappa shape index (κ2) is 5.72. The van der Waals surface area contributed by atoms with Crippen LogP contribution in [0.4, 0.5) is 0 Å². The molecule has 0 spiro atoms. The molecule has 2 rings (SSSR count). The van der Waals surface area contributed by atoms with Crippen LogP contribution in [0.3, 0.4) is 0 Å². The predicted octanol–water partition coefficient (Wildman–Crippen LogP) is 2.86. The van der Waals surface area contributed by atoms with Crippen LogP contribution in [0.1, 0.15) is 38.2 Å². The van der Waals surface area contributed by atoms with E-state index >= 15 is 0 Å². The predicted molar refractivity (Wildman–Crippen MR) is 70.8 cm³/mol. The molecule has 0 aliphatic heterocycles. The van der Waals surface area contributed by atoms with Gasteiger partial charge in [-0.3, -0.25) is 0 Å². The lowest BCUT2D eigenvalue weighted by molar-refractivity contribution is -0.0631. The molecule has 3 nitrogen and oxygen atoms in total. The van der Waals surface area contributed by atoms with Crippen molar-refractivity contribution >= 4 is 0 Å². The van der Waals surface area contributed by atoms with Crippen LogP contribution in [-0.2, 0) is 10.3 Å². The average Bonchev–Trinajstić information content (AvgIpc) is 2.40. The molecule has 0 bridgehead atoms. The highest BCUT2D eigenvalue weighted by Crippen LogP contribution is 2.38. The molecule has 0 aromatic heterocycles. The van der Waals surface area contributed by atoms with Crippen LogP contribution in [0, 0.1) is 0 Å². The van der Waals surface area contributed by atoms with Crippen molar-refractivity contribution in [2.45, 2.75) is 44.3 Å². The zero-order valence-corrected chi connectivity index (χ0v) is 11.2. The highest BCUT2D eigenvalue weighted by Gasteiger charge is 2.35. The van der Waals surface area contributed by atoms with Gasteiger partial charge in [0.25, 0.3) is 0 Å². The smallest absolute Gasteiger partial charge is 0.119 e. The molecule has 3 heteroatoms. The van der Waals surface area contributed by atoms with Crippen molar-refractivity contribution < 1.29 is 14.6 Å². The number of aliphatic hydroxyl groups is 1. The van der Waals surface area contributed by atoms with Gasteiger partial charge in [-0.15, -0.1) is 0 Å². The third-order valence-corrected chi connectivity index (χ3v) is 3.72. The van der Waals surface area contributed by atoms with Gasteiger partial charge in [0.1, 0.15) is 5.75 Å². The van der Waals surface area contributed by atoms with Crippen molar-refractivity contribution in [1.29, 1.82) is 0 Å². The van der Waals surface area contributed by atoms with Gasteiger partial charge in [0.15, 0.2) is 0 Å². The summed E-state index contributed by atoms with van der Waals surface area (Å²) in [5, 5.41) is 10.7. The molecule has 18 heavy (non-hydrogen) atoms. The summed E-state index contributed by atoms with van der Waals surface area (Å²) in [5.41, 5.74) is 0.219. The molecule has 0 heterocycles. The van der Waals surface area contributed by atoms with Crippen LogP contribution in [0.15, 0.2) is 24.3 Å². The summed E-state index contributed by atoms with van der Waals surface area (Å²) in [6.45, 7) is 2.63. The van der Waals surface area contributed by atoms with Crippen molar-refractivity contribution in [3.05, 3.63) is 29.8 Å². The van der Waals surface area contributed by atoms with Gasteiger partial charge in [0, 0.05) is 13.5 Å². The molecule has 100 valence electrons. The molecular weight excluding hydrogens is 228 g/mol. The Balaban J connectivity index is 2.13. The quantitative estimate of drug-likeness (QED) is 0.893. The van der Waals surface area contributed by atoms with Gasteiger partial charge < -0.3 is 14.6 Å². The fourth-order valence-corrected chi connectivity index (χ4v) is 2.69. The molecule has 0 saturated heterocycles. The van der Waals surface area contributed by atoms with Crippen molar-refractivity contribution in [1.82, 2.24) is 0 Å². The van der Waals surface area contributed by atoms with Gasteiger partial charge in [-0.05, 0) is 43.9 Å². The number of rotatable bonds is 4. The molecule has 1 aromatic rings. The summed E-state index contributed by atoms with van der Waals surface area (Å²) in [7, 11) is 1.72. The molecule has 1 aliphatic rings. The van der Waals surface area contributed by atoms with E-state index in [9.17, 15) is 5.11 Å². The molecule has 0 amide bonds. The van der Waals surface area contributed by atoms with Crippen molar-refractivity contribution in [2.75, 3.05) is 13.7 Å². The van der Waals surface area contributed by atoms with Gasteiger partial charge in [-0.2, -0.15) is 0 Å². The minimum absolute atomic E-state index is 0.162. The lowest BCUT2D eigenvalue weighted by atomic mass is 9.78. The Morgan fingerprint density at radius 1 is 1.33 bits per heavy atom. The Kier molecular flexibility index (Phi) is 4.25. The van der Waals surface area contributed by atoms with E-state index in [0.29, 0.717) is 13.0 Å². The topological polar surface area (TPSA) is 38.7 Å².